The molecule has 2 rings (SSSR count). The van der Waals surface area contributed by atoms with E-state index >= 15 is 0 Å². The standard InChI is InChI=1S/C19H24O3/c1-4-20-19(21-5-2)18-12-11-17(13-15(18)3)22-14-16-9-7-6-8-10-16/h6-13,19H,4-5,14H2,1-3H3. The Hall–Kier alpha value is -1.84. The van der Waals surface area contributed by atoms with E-state index in [1.165, 1.54) is 0 Å². The van der Waals surface area contributed by atoms with Gasteiger partial charge in [-0.15, -0.1) is 0 Å². The Morgan fingerprint density at radius 2 is 1.59 bits per heavy atom. The summed E-state index contributed by atoms with van der Waals surface area (Å²) in [4.78, 5) is 0. The molecule has 0 aromatic heterocycles. The third-order valence-electron chi connectivity index (χ3n) is 3.38. The Morgan fingerprint density at radius 3 is 2.18 bits per heavy atom. The van der Waals surface area contributed by atoms with Crippen LogP contribution in [0.15, 0.2) is 48.5 Å². The molecule has 0 aliphatic heterocycles. The SMILES string of the molecule is CCOC(OCC)c1ccc(OCc2ccccc2)cc1C. The van der Waals surface area contributed by atoms with Gasteiger partial charge in [0.1, 0.15) is 12.4 Å². The van der Waals surface area contributed by atoms with E-state index in [4.69, 9.17) is 14.2 Å². The van der Waals surface area contributed by atoms with Crippen LogP contribution in [0, 0.1) is 6.92 Å². The average Bonchev–Trinajstić information content (AvgIpc) is 2.54. The minimum Gasteiger partial charge on any atom is -0.489 e. The Balaban J connectivity index is 2.05. The first-order valence-corrected chi connectivity index (χ1v) is 7.75. The second kappa shape index (κ2) is 8.57. The third kappa shape index (κ3) is 4.58. The highest BCUT2D eigenvalue weighted by atomic mass is 16.7. The number of hydrogen-bond donors (Lipinski definition) is 0. The van der Waals surface area contributed by atoms with Crippen molar-refractivity contribution < 1.29 is 14.2 Å². The molecule has 0 fully saturated rings. The molecule has 0 radical (unpaired) electrons. The molecule has 0 aliphatic rings. The molecule has 0 amide bonds. The summed E-state index contributed by atoms with van der Waals surface area (Å²) >= 11 is 0. The lowest BCUT2D eigenvalue weighted by Gasteiger charge is -2.19. The van der Waals surface area contributed by atoms with Gasteiger partial charge in [-0.1, -0.05) is 36.4 Å². The van der Waals surface area contributed by atoms with E-state index in [1.807, 2.05) is 50.2 Å². The van der Waals surface area contributed by atoms with Crippen molar-refractivity contribution in [1.82, 2.24) is 0 Å². The van der Waals surface area contributed by atoms with Gasteiger partial charge in [0.2, 0.25) is 0 Å². The first-order chi connectivity index (χ1) is 10.7. The van der Waals surface area contributed by atoms with E-state index in [0.717, 1.165) is 22.4 Å². The molecule has 0 saturated heterocycles. The normalized spacial score (nSPS) is 10.9. The molecule has 0 saturated carbocycles. The molecule has 0 bridgehead atoms. The van der Waals surface area contributed by atoms with Crippen molar-refractivity contribution in [2.24, 2.45) is 0 Å². The van der Waals surface area contributed by atoms with Crippen molar-refractivity contribution in [2.45, 2.75) is 33.7 Å². The van der Waals surface area contributed by atoms with Gasteiger partial charge in [0, 0.05) is 18.8 Å². The monoisotopic (exact) mass is 300 g/mol. The zero-order chi connectivity index (χ0) is 15.8. The molecule has 0 N–H and O–H groups in total. The maximum Gasteiger partial charge on any atom is 0.184 e. The Bertz CT molecular complexity index is 560. The van der Waals surface area contributed by atoms with Gasteiger partial charge in [-0.2, -0.15) is 0 Å². The van der Waals surface area contributed by atoms with Gasteiger partial charge in [-0.3, -0.25) is 0 Å². The summed E-state index contributed by atoms with van der Waals surface area (Å²) in [7, 11) is 0. The lowest BCUT2D eigenvalue weighted by atomic mass is 10.1. The number of rotatable bonds is 8. The largest absolute Gasteiger partial charge is 0.489 e. The summed E-state index contributed by atoms with van der Waals surface area (Å²) < 4.78 is 17.2. The predicted octanol–water partition coefficient (Wildman–Crippen LogP) is 4.65. The van der Waals surface area contributed by atoms with Gasteiger partial charge >= 0.3 is 0 Å². The van der Waals surface area contributed by atoms with Crippen LogP contribution in [0.4, 0.5) is 0 Å². The lowest BCUT2D eigenvalue weighted by molar-refractivity contribution is -0.140. The van der Waals surface area contributed by atoms with E-state index in [1.54, 1.807) is 0 Å². The number of aryl methyl sites for hydroxylation is 1. The first-order valence-electron chi connectivity index (χ1n) is 7.75. The molecule has 0 aliphatic carbocycles. The fourth-order valence-corrected chi connectivity index (χ4v) is 2.27. The van der Waals surface area contributed by atoms with Crippen LogP contribution in [0.1, 0.15) is 36.8 Å². The van der Waals surface area contributed by atoms with Crippen molar-refractivity contribution in [3.05, 3.63) is 65.2 Å². The van der Waals surface area contributed by atoms with Crippen molar-refractivity contribution in [3.63, 3.8) is 0 Å². The van der Waals surface area contributed by atoms with E-state index in [9.17, 15) is 0 Å². The van der Waals surface area contributed by atoms with Crippen molar-refractivity contribution in [3.8, 4) is 5.75 Å². The van der Waals surface area contributed by atoms with E-state index in [-0.39, 0.29) is 6.29 Å². The molecular weight excluding hydrogens is 276 g/mol. The summed E-state index contributed by atoms with van der Waals surface area (Å²) in [5.41, 5.74) is 3.32. The molecule has 2 aromatic rings. The maximum atomic E-state index is 5.85. The van der Waals surface area contributed by atoms with Gasteiger partial charge in [0.25, 0.3) is 0 Å². The van der Waals surface area contributed by atoms with Crippen LogP contribution < -0.4 is 4.74 Å². The fourth-order valence-electron chi connectivity index (χ4n) is 2.27. The molecule has 22 heavy (non-hydrogen) atoms. The van der Waals surface area contributed by atoms with Gasteiger partial charge in [0.15, 0.2) is 6.29 Å². The molecule has 2 aromatic carbocycles. The van der Waals surface area contributed by atoms with Crippen LogP contribution in [-0.4, -0.2) is 13.2 Å². The zero-order valence-electron chi connectivity index (χ0n) is 13.5. The number of hydrogen-bond acceptors (Lipinski definition) is 3. The summed E-state index contributed by atoms with van der Waals surface area (Å²) in [5, 5.41) is 0. The fraction of sp³-hybridized carbons (Fsp3) is 0.368. The Morgan fingerprint density at radius 1 is 0.909 bits per heavy atom. The Kier molecular flexibility index (Phi) is 6.44. The average molecular weight is 300 g/mol. The van der Waals surface area contributed by atoms with Gasteiger partial charge < -0.3 is 14.2 Å². The quantitative estimate of drug-likeness (QED) is 0.664. The molecule has 0 spiro atoms. The highest BCUT2D eigenvalue weighted by Gasteiger charge is 2.14. The van der Waals surface area contributed by atoms with Crippen LogP contribution in [0.2, 0.25) is 0 Å². The minimum absolute atomic E-state index is 0.307. The van der Waals surface area contributed by atoms with Crippen LogP contribution in [0.5, 0.6) is 5.75 Å². The Labute approximate surface area is 132 Å². The highest BCUT2D eigenvalue weighted by molar-refractivity contribution is 5.35. The third-order valence-corrected chi connectivity index (χ3v) is 3.38. The van der Waals surface area contributed by atoms with Gasteiger partial charge in [-0.25, -0.2) is 0 Å². The van der Waals surface area contributed by atoms with Gasteiger partial charge in [-0.05, 0) is 44.0 Å². The minimum atomic E-state index is -0.307. The lowest BCUT2D eigenvalue weighted by Crippen LogP contribution is -2.10. The molecule has 118 valence electrons. The van der Waals surface area contributed by atoms with E-state index in [2.05, 4.69) is 19.1 Å². The van der Waals surface area contributed by atoms with Crippen LogP contribution >= 0.6 is 0 Å². The smallest absolute Gasteiger partial charge is 0.184 e. The predicted molar refractivity (Wildman–Crippen MR) is 87.9 cm³/mol. The molecule has 3 nitrogen and oxygen atoms in total. The number of benzene rings is 2. The highest BCUT2D eigenvalue weighted by Crippen LogP contribution is 2.26. The van der Waals surface area contributed by atoms with Crippen LogP contribution in [0.3, 0.4) is 0 Å². The van der Waals surface area contributed by atoms with Crippen LogP contribution in [-0.2, 0) is 16.1 Å². The summed E-state index contributed by atoms with van der Waals surface area (Å²) in [6.45, 7) is 7.81. The second-order valence-corrected chi connectivity index (χ2v) is 5.04. The molecule has 0 atom stereocenters. The zero-order valence-corrected chi connectivity index (χ0v) is 13.5. The van der Waals surface area contributed by atoms with Crippen LogP contribution in [0.25, 0.3) is 0 Å². The summed E-state index contributed by atoms with van der Waals surface area (Å²) in [6.07, 6.45) is -0.307. The van der Waals surface area contributed by atoms with Gasteiger partial charge in [0.05, 0.1) is 0 Å². The second-order valence-electron chi connectivity index (χ2n) is 5.04. The van der Waals surface area contributed by atoms with E-state index < -0.39 is 0 Å². The molecule has 0 unspecified atom stereocenters. The van der Waals surface area contributed by atoms with Crippen molar-refractivity contribution in [2.75, 3.05) is 13.2 Å². The summed E-state index contributed by atoms with van der Waals surface area (Å²) in [6, 6.07) is 16.2. The molecule has 0 heterocycles. The first kappa shape index (κ1) is 16.5. The van der Waals surface area contributed by atoms with E-state index in [0.29, 0.717) is 19.8 Å². The molecule has 3 heteroatoms. The summed E-state index contributed by atoms with van der Waals surface area (Å²) in [5.74, 6) is 0.858. The van der Waals surface area contributed by atoms with Crippen molar-refractivity contribution >= 4 is 0 Å². The molecular formula is C19H24O3. The topological polar surface area (TPSA) is 27.7 Å². The van der Waals surface area contributed by atoms with Crippen molar-refractivity contribution in [1.29, 1.82) is 0 Å². The number of ether oxygens (including phenoxy) is 3. The maximum absolute atomic E-state index is 5.85.